The minimum atomic E-state index is 0.126. The zero-order valence-corrected chi connectivity index (χ0v) is 12.5. The molecule has 2 nitrogen and oxygen atoms in total. The number of carbonyl (C=O) groups excluding carboxylic acids is 1. The predicted octanol–water partition coefficient (Wildman–Crippen LogP) is 4.19. The van der Waals surface area contributed by atoms with Crippen LogP contribution in [0, 0.1) is 6.92 Å². The predicted molar refractivity (Wildman–Crippen MR) is 79.9 cm³/mol. The molecule has 0 N–H and O–H groups in total. The van der Waals surface area contributed by atoms with Gasteiger partial charge in [0, 0.05) is 16.5 Å². The van der Waals surface area contributed by atoms with Crippen molar-refractivity contribution in [1.29, 1.82) is 0 Å². The third-order valence-corrected chi connectivity index (χ3v) is 3.89. The Hall–Kier alpha value is -1.61. The molecule has 0 saturated heterocycles. The minimum Gasteiger partial charge on any atom is -0.497 e. The second-order valence-electron chi connectivity index (χ2n) is 4.41. The van der Waals surface area contributed by atoms with Crippen LogP contribution < -0.4 is 4.74 Å². The first-order chi connectivity index (χ1) is 9.10. The summed E-state index contributed by atoms with van der Waals surface area (Å²) in [6, 6.07) is 13.3. The Morgan fingerprint density at radius 3 is 2.42 bits per heavy atom. The van der Waals surface area contributed by atoms with E-state index in [0.29, 0.717) is 6.42 Å². The fourth-order valence-electron chi connectivity index (χ4n) is 1.85. The van der Waals surface area contributed by atoms with Crippen LogP contribution in [-0.2, 0) is 6.42 Å². The smallest absolute Gasteiger partial charge is 0.167 e. The van der Waals surface area contributed by atoms with Gasteiger partial charge in [0.05, 0.1) is 7.11 Å². The number of Topliss-reactive ketones (excluding diaryl/α,β-unsaturated/α-hetero) is 1. The van der Waals surface area contributed by atoms with Gasteiger partial charge in [0.1, 0.15) is 5.75 Å². The van der Waals surface area contributed by atoms with E-state index in [0.717, 1.165) is 26.9 Å². The number of methoxy groups -OCH3 is 1. The first-order valence-electron chi connectivity index (χ1n) is 6.02. The fourth-order valence-corrected chi connectivity index (χ4v) is 2.10. The second kappa shape index (κ2) is 6.02. The van der Waals surface area contributed by atoms with Crippen LogP contribution in [0.5, 0.6) is 5.75 Å². The van der Waals surface area contributed by atoms with Gasteiger partial charge in [0.15, 0.2) is 5.78 Å². The van der Waals surface area contributed by atoms with E-state index < -0.39 is 0 Å². The molecule has 3 heteroatoms. The molecular weight excluding hydrogens is 304 g/mol. The van der Waals surface area contributed by atoms with Gasteiger partial charge in [-0.1, -0.05) is 34.1 Å². The maximum absolute atomic E-state index is 12.2. The van der Waals surface area contributed by atoms with Gasteiger partial charge >= 0.3 is 0 Å². The van der Waals surface area contributed by atoms with Gasteiger partial charge in [-0.2, -0.15) is 0 Å². The number of benzene rings is 2. The van der Waals surface area contributed by atoms with Crippen LogP contribution in [0.1, 0.15) is 21.5 Å². The fraction of sp³-hybridized carbons (Fsp3) is 0.188. The molecule has 0 radical (unpaired) electrons. The first kappa shape index (κ1) is 13.8. The number of carbonyl (C=O) groups is 1. The van der Waals surface area contributed by atoms with Gasteiger partial charge in [-0.25, -0.2) is 0 Å². The van der Waals surface area contributed by atoms with E-state index in [-0.39, 0.29) is 5.78 Å². The summed E-state index contributed by atoms with van der Waals surface area (Å²) in [7, 11) is 1.63. The summed E-state index contributed by atoms with van der Waals surface area (Å²) in [6.07, 6.45) is 0.408. The Morgan fingerprint density at radius 1 is 1.16 bits per heavy atom. The molecular formula is C16H15BrO2. The number of aryl methyl sites for hydroxylation is 1. The molecule has 0 atom stereocenters. The third kappa shape index (κ3) is 3.44. The highest BCUT2D eigenvalue weighted by atomic mass is 79.9. The Kier molecular flexibility index (Phi) is 4.38. The monoisotopic (exact) mass is 318 g/mol. The molecule has 0 aliphatic heterocycles. The van der Waals surface area contributed by atoms with Gasteiger partial charge < -0.3 is 4.74 Å². The number of rotatable bonds is 4. The highest BCUT2D eigenvalue weighted by Gasteiger charge is 2.08. The van der Waals surface area contributed by atoms with Crippen LogP contribution in [0.15, 0.2) is 46.9 Å². The highest BCUT2D eigenvalue weighted by molar-refractivity contribution is 9.10. The summed E-state index contributed by atoms with van der Waals surface area (Å²) in [6.45, 7) is 1.98. The lowest BCUT2D eigenvalue weighted by Gasteiger charge is -2.05. The van der Waals surface area contributed by atoms with Crippen molar-refractivity contribution < 1.29 is 9.53 Å². The summed E-state index contributed by atoms with van der Waals surface area (Å²) in [4.78, 5) is 12.2. The van der Waals surface area contributed by atoms with E-state index in [4.69, 9.17) is 4.74 Å². The van der Waals surface area contributed by atoms with Crippen molar-refractivity contribution in [2.24, 2.45) is 0 Å². The van der Waals surface area contributed by atoms with Crippen molar-refractivity contribution in [2.75, 3.05) is 7.11 Å². The maximum Gasteiger partial charge on any atom is 0.167 e. The topological polar surface area (TPSA) is 26.3 Å². The van der Waals surface area contributed by atoms with Crippen LogP contribution in [-0.4, -0.2) is 12.9 Å². The lowest BCUT2D eigenvalue weighted by molar-refractivity contribution is 0.0993. The molecule has 0 unspecified atom stereocenters. The summed E-state index contributed by atoms with van der Waals surface area (Å²) < 4.78 is 6.12. The van der Waals surface area contributed by atoms with E-state index in [1.54, 1.807) is 7.11 Å². The third-order valence-electron chi connectivity index (χ3n) is 3.00. The van der Waals surface area contributed by atoms with Gasteiger partial charge in [-0.3, -0.25) is 4.79 Å². The largest absolute Gasteiger partial charge is 0.497 e. The molecule has 0 aliphatic rings. The summed E-state index contributed by atoms with van der Waals surface area (Å²) >= 11 is 3.44. The molecule has 0 aliphatic carbocycles. The quantitative estimate of drug-likeness (QED) is 0.790. The highest BCUT2D eigenvalue weighted by Crippen LogP contribution is 2.19. The molecule has 0 heterocycles. The molecule has 0 amide bonds. The summed E-state index contributed by atoms with van der Waals surface area (Å²) in [5.41, 5.74) is 2.81. The number of halogens is 1. The molecule has 98 valence electrons. The first-order valence-corrected chi connectivity index (χ1v) is 6.81. The molecule has 2 aromatic carbocycles. The van der Waals surface area contributed by atoms with Gasteiger partial charge in [-0.15, -0.1) is 0 Å². The van der Waals surface area contributed by atoms with Gasteiger partial charge in [0.2, 0.25) is 0 Å². The van der Waals surface area contributed by atoms with Crippen molar-refractivity contribution >= 4 is 21.7 Å². The molecule has 0 fully saturated rings. The maximum atomic E-state index is 12.2. The van der Waals surface area contributed by atoms with E-state index in [1.807, 2.05) is 49.4 Å². The number of ether oxygens (including phenoxy) is 1. The Bertz CT molecular complexity index is 588. The standard InChI is InChI=1S/C16H15BrO2/c1-11-9-13(5-8-15(11)17)16(18)10-12-3-6-14(19-2)7-4-12/h3-9H,10H2,1-2H3. The number of ketones is 1. The normalized spacial score (nSPS) is 10.3. The molecule has 2 rings (SSSR count). The molecule has 0 aromatic heterocycles. The van der Waals surface area contributed by atoms with Crippen molar-refractivity contribution in [3.8, 4) is 5.75 Å². The van der Waals surface area contributed by atoms with Gasteiger partial charge in [-0.05, 0) is 42.3 Å². The van der Waals surface area contributed by atoms with Crippen molar-refractivity contribution in [3.63, 3.8) is 0 Å². The van der Waals surface area contributed by atoms with Gasteiger partial charge in [0.25, 0.3) is 0 Å². The van der Waals surface area contributed by atoms with Crippen LogP contribution in [0.25, 0.3) is 0 Å². The molecule has 19 heavy (non-hydrogen) atoms. The molecule has 2 aromatic rings. The average Bonchev–Trinajstić information content (AvgIpc) is 2.42. The van der Waals surface area contributed by atoms with Crippen LogP contribution >= 0.6 is 15.9 Å². The van der Waals surface area contributed by atoms with E-state index in [1.165, 1.54) is 0 Å². The summed E-state index contributed by atoms with van der Waals surface area (Å²) in [5.74, 6) is 0.927. The number of hydrogen-bond acceptors (Lipinski definition) is 2. The van der Waals surface area contributed by atoms with Crippen molar-refractivity contribution in [2.45, 2.75) is 13.3 Å². The van der Waals surface area contributed by atoms with Crippen LogP contribution in [0.4, 0.5) is 0 Å². The second-order valence-corrected chi connectivity index (χ2v) is 5.27. The van der Waals surface area contributed by atoms with Crippen molar-refractivity contribution in [3.05, 3.63) is 63.6 Å². The lowest BCUT2D eigenvalue weighted by Crippen LogP contribution is -2.03. The van der Waals surface area contributed by atoms with E-state index >= 15 is 0 Å². The summed E-state index contributed by atoms with van der Waals surface area (Å²) in [5, 5.41) is 0. The van der Waals surface area contributed by atoms with Crippen LogP contribution in [0.2, 0.25) is 0 Å². The Morgan fingerprint density at radius 2 is 1.84 bits per heavy atom. The SMILES string of the molecule is COc1ccc(CC(=O)c2ccc(Br)c(C)c2)cc1. The molecule has 0 bridgehead atoms. The van der Waals surface area contributed by atoms with Crippen LogP contribution in [0.3, 0.4) is 0 Å². The van der Waals surface area contributed by atoms with Crippen molar-refractivity contribution in [1.82, 2.24) is 0 Å². The Labute approximate surface area is 121 Å². The Balaban J connectivity index is 2.13. The number of hydrogen-bond donors (Lipinski definition) is 0. The minimum absolute atomic E-state index is 0.126. The van der Waals surface area contributed by atoms with E-state index in [9.17, 15) is 4.79 Å². The zero-order valence-electron chi connectivity index (χ0n) is 10.9. The lowest BCUT2D eigenvalue weighted by atomic mass is 10.0. The molecule has 0 spiro atoms. The zero-order chi connectivity index (χ0) is 13.8. The average molecular weight is 319 g/mol. The molecule has 0 saturated carbocycles. The van der Waals surface area contributed by atoms with E-state index in [2.05, 4.69) is 15.9 Å².